The smallest absolute Gasteiger partial charge is 0.153 e. The molecule has 0 bridgehead atoms. The lowest BCUT2D eigenvalue weighted by Gasteiger charge is -1.99. The topological polar surface area (TPSA) is 17.1 Å². The molecule has 74 valence electrons. The first-order valence-electron chi connectivity index (χ1n) is 3.85. The van der Waals surface area contributed by atoms with Crippen molar-refractivity contribution in [1.82, 2.24) is 0 Å². The second kappa shape index (κ2) is 5.00. The van der Waals surface area contributed by atoms with Gasteiger partial charge in [-0.3, -0.25) is 4.79 Å². The van der Waals surface area contributed by atoms with E-state index < -0.39 is 11.6 Å². The van der Waals surface area contributed by atoms with Crippen molar-refractivity contribution in [1.29, 1.82) is 0 Å². The second-order valence-electron chi connectivity index (χ2n) is 2.57. The summed E-state index contributed by atoms with van der Waals surface area (Å²) in [6, 6.07) is 1.88. The number of alkyl halides is 1. The van der Waals surface area contributed by atoms with Gasteiger partial charge in [0.25, 0.3) is 0 Å². The van der Waals surface area contributed by atoms with E-state index in [-0.39, 0.29) is 17.4 Å². The summed E-state index contributed by atoms with van der Waals surface area (Å²) in [7, 11) is 0. The Morgan fingerprint density at radius 3 is 2.36 bits per heavy atom. The predicted molar refractivity (Wildman–Crippen MR) is 54.6 cm³/mol. The van der Waals surface area contributed by atoms with Crippen molar-refractivity contribution in [3.63, 3.8) is 0 Å². The van der Waals surface area contributed by atoms with E-state index in [9.17, 15) is 13.6 Å². The second-order valence-corrected chi connectivity index (χ2v) is 3.22. The fourth-order valence-electron chi connectivity index (χ4n) is 0.967. The number of carbonyl (C=O) groups excluding carboxylic acids is 1. The van der Waals surface area contributed by atoms with Gasteiger partial charge in [-0.25, -0.2) is 8.78 Å². The minimum absolute atomic E-state index is 0.132. The summed E-state index contributed by atoms with van der Waals surface area (Å²) in [5.74, 6) is -1.32. The van der Waals surface area contributed by atoms with E-state index >= 15 is 0 Å². The Bertz CT molecular complexity index is 375. The van der Waals surface area contributed by atoms with Crippen LogP contribution in [0.1, 0.15) is 15.9 Å². The number of halogens is 3. The van der Waals surface area contributed by atoms with Crippen LogP contribution in [0.2, 0.25) is 0 Å². The maximum Gasteiger partial charge on any atom is 0.153 e. The van der Waals surface area contributed by atoms with Crippen molar-refractivity contribution in [2.24, 2.45) is 0 Å². The molecule has 0 saturated carbocycles. The highest BCUT2D eigenvalue weighted by Gasteiger charge is 2.06. The lowest BCUT2D eigenvalue weighted by molar-refractivity contribution is 0.111. The van der Waals surface area contributed by atoms with E-state index in [1.807, 2.05) is 0 Å². The molecule has 1 nitrogen and oxygen atoms in total. The molecule has 4 heteroatoms. The van der Waals surface area contributed by atoms with Gasteiger partial charge in [-0.2, -0.15) is 0 Å². The zero-order valence-corrected chi connectivity index (χ0v) is 8.72. The van der Waals surface area contributed by atoms with E-state index in [2.05, 4.69) is 15.9 Å². The van der Waals surface area contributed by atoms with Crippen LogP contribution in [0.15, 0.2) is 18.2 Å². The number of aldehydes is 1. The van der Waals surface area contributed by atoms with Gasteiger partial charge in [0.05, 0.1) is 5.56 Å². The van der Waals surface area contributed by atoms with Crippen LogP contribution < -0.4 is 0 Å². The van der Waals surface area contributed by atoms with E-state index in [0.717, 1.165) is 12.1 Å². The number of hydrogen-bond donors (Lipinski definition) is 0. The van der Waals surface area contributed by atoms with Crippen molar-refractivity contribution in [2.75, 3.05) is 5.33 Å². The molecule has 0 radical (unpaired) electrons. The molecule has 0 aliphatic heterocycles. The summed E-state index contributed by atoms with van der Waals surface area (Å²) in [6.07, 6.45) is 3.37. The molecule has 0 fully saturated rings. The van der Waals surface area contributed by atoms with Crippen LogP contribution in [0.3, 0.4) is 0 Å². The van der Waals surface area contributed by atoms with E-state index in [0.29, 0.717) is 5.33 Å². The van der Waals surface area contributed by atoms with E-state index in [1.165, 1.54) is 6.08 Å². The summed E-state index contributed by atoms with van der Waals surface area (Å²) < 4.78 is 26.2. The molecule has 0 aliphatic rings. The summed E-state index contributed by atoms with van der Waals surface area (Å²) >= 11 is 3.12. The third-order valence-electron chi connectivity index (χ3n) is 1.63. The van der Waals surface area contributed by atoms with Crippen LogP contribution >= 0.6 is 15.9 Å². The van der Waals surface area contributed by atoms with Gasteiger partial charge < -0.3 is 0 Å². The van der Waals surface area contributed by atoms with Gasteiger partial charge in [-0.05, 0) is 12.1 Å². The van der Waals surface area contributed by atoms with Crippen LogP contribution in [0.5, 0.6) is 0 Å². The molecule has 14 heavy (non-hydrogen) atoms. The van der Waals surface area contributed by atoms with Crippen molar-refractivity contribution >= 4 is 28.3 Å². The monoisotopic (exact) mass is 260 g/mol. The third-order valence-corrected chi connectivity index (χ3v) is 2.00. The molecule has 0 N–H and O–H groups in total. The van der Waals surface area contributed by atoms with Gasteiger partial charge in [0.1, 0.15) is 11.6 Å². The summed E-state index contributed by atoms with van der Waals surface area (Å²) in [5, 5.41) is 0.559. The third kappa shape index (κ3) is 2.48. The molecule has 1 aromatic rings. The summed E-state index contributed by atoms with van der Waals surface area (Å²) in [5.41, 5.74) is -0.133. The molecule has 0 unspecified atom stereocenters. The largest absolute Gasteiger partial charge is 0.298 e. The van der Waals surface area contributed by atoms with Crippen LogP contribution in [0, 0.1) is 11.6 Å². The Labute approximate surface area is 88.6 Å². The molecular formula is C10H7BrF2O. The van der Waals surface area contributed by atoms with E-state index in [4.69, 9.17) is 0 Å². The molecule has 0 amide bonds. The highest BCUT2D eigenvalue weighted by atomic mass is 79.9. The average molecular weight is 261 g/mol. The highest BCUT2D eigenvalue weighted by Crippen LogP contribution is 2.15. The number of benzene rings is 1. The first-order chi connectivity index (χ1) is 6.69. The molecule has 0 saturated heterocycles. The Morgan fingerprint density at radius 2 is 1.79 bits per heavy atom. The Hall–Kier alpha value is -1.03. The molecule has 0 spiro atoms. The minimum atomic E-state index is -0.712. The standard InChI is InChI=1S/C10H7BrF2O/c11-3-1-2-7-4-10(13)8(6-14)5-9(7)12/h1-2,4-6H,3H2. The average Bonchev–Trinajstić information content (AvgIpc) is 2.18. The molecule has 0 heterocycles. The van der Waals surface area contributed by atoms with E-state index in [1.54, 1.807) is 6.08 Å². The number of carbonyl (C=O) groups is 1. The Morgan fingerprint density at radius 1 is 1.21 bits per heavy atom. The van der Waals surface area contributed by atoms with Gasteiger partial charge in [0, 0.05) is 10.9 Å². The minimum Gasteiger partial charge on any atom is -0.298 e. The van der Waals surface area contributed by atoms with Crippen LogP contribution in [0.25, 0.3) is 6.08 Å². The van der Waals surface area contributed by atoms with Gasteiger partial charge >= 0.3 is 0 Å². The van der Waals surface area contributed by atoms with Gasteiger partial charge in [0.2, 0.25) is 0 Å². The first kappa shape index (κ1) is 11.0. The maximum atomic E-state index is 13.1. The van der Waals surface area contributed by atoms with Crippen LogP contribution in [-0.2, 0) is 0 Å². The maximum absolute atomic E-state index is 13.1. The lowest BCUT2D eigenvalue weighted by atomic mass is 10.1. The molecular weight excluding hydrogens is 254 g/mol. The summed E-state index contributed by atoms with van der Waals surface area (Å²) in [4.78, 5) is 10.3. The highest BCUT2D eigenvalue weighted by molar-refractivity contribution is 9.09. The predicted octanol–water partition coefficient (Wildman–Crippen LogP) is 3.19. The van der Waals surface area contributed by atoms with Crippen LogP contribution in [-0.4, -0.2) is 11.6 Å². The SMILES string of the molecule is O=Cc1cc(F)c(C=CCBr)cc1F. The zero-order valence-electron chi connectivity index (χ0n) is 7.14. The molecule has 1 rings (SSSR count). The number of hydrogen-bond acceptors (Lipinski definition) is 1. The van der Waals surface area contributed by atoms with Gasteiger partial charge in [-0.1, -0.05) is 28.1 Å². The molecule has 1 aromatic carbocycles. The molecule has 0 aromatic heterocycles. The normalized spacial score (nSPS) is 10.8. The first-order valence-corrected chi connectivity index (χ1v) is 4.98. The van der Waals surface area contributed by atoms with Crippen molar-refractivity contribution < 1.29 is 13.6 Å². The van der Waals surface area contributed by atoms with Crippen molar-refractivity contribution in [2.45, 2.75) is 0 Å². The zero-order chi connectivity index (χ0) is 10.6. The fourth-order valence-corrected chi connectivity index (χ4v) is 1.15. The summed E-state index contributed by atoms with van der Waals surface area (Å²) in [6.45, 7) is 0. The molecule has 0 atom stereocenters. The van der Waals surface area contributed by atoms with Crippen molar-refractivity contribution in [3.8, 4) is 0 Å². The number of rotatable bonds is 3. The van der Waals surface area contributed by atoms with Crippen molar-refractivity contribution in [3.05, 3.63) is 41.0 Å². The lowest BCUT2D eigenvalue weighted by Crippen LogP contribution is -1.92. The quantitative estimate of drug-likeness (QED) is 0.603. The number of allylic oxidation sites excluding steroid dienone is 1. The Kier molecular flexibility index (Phi) is 3.95. The van der Waals surface area contributed by atoms with Gasteiger partial charge in [0.15, 0.2) is 6.29 Å². The van der Waals surface area contributed by atoms with Gasteiger partial charge in [-0.15, -0.1) is 0 Å². The fraction of sp³-hybridized carbons (Fsp3) is 0.100. The van der Waals surface area contributed by atoms with Crippen LogP contribution in [0.4, 0.5) is 8.78 Å². The Balaban J connectivity index is 3.14. The molecule has 0 aliphatic carbocycles.